The third-order valence-corrected chi connectivity index (χ3v) is 6.84. The predicted molar refractivity (Wildman–Crippen MR) is 119 cm³/mol. The maximum absolute atomic E-state index is 13.0. The van der Waals surface area contributed by atoms with Gasteiger partial charge < -0.3 is 5.11 Å². The first kappa shape index (κ1) is 20.3. The van der Waals surface area contributed by atoms with Crippen molar-refractivity contribution in [3.63, 3.8) is 0 Å². The molecule has 3 aromatic rings. The zero-order chi connectivity index (χ0) is 21.4. The zero-order valence-corrected chi connectivity index (χ0v) is 18.3. The Labute approximate surface area is 182 Å². The van der Waals surface area contributed by atoms with E-state index in [2.05, 4.69) is 10.2 Å². The summed E-state index contributed by atoms with van der Waals surface area (Å²) in [7, 11) is 0. The largest absolute Gasteiger partial charge is 0.507 e. The van der Waals surface area contributed by atoms with Gasteiger partial charge >= 0.3 is 5.91 Å². The summed E-state index contributed by atoms with van der Waals surface area (Å²) in [5.74, 6) is -1.66. The van der Waals surface area contributed by atoms with Crippen LogP contribution in [0.1, 0.15) is 28.3 Å². The van der Waals surface area contributed by atoms with Crippen molar-refractivity contribution in [1.29, 1.82) is 0 Å². The second-order valence-electron chi connectivity index (χ2n) is 7.00. The molecule has 1 saturated heterocycles. The number of aryl methyl sites for hydroxylation is 2. The van der Waals surface area contributed by atoms with Crippen molar-refractivity contribution in [3.8, 4) is 0 Å². The van der Waals surface area contributed by atoms with Gasteiger partial charge in [0.25, 0.3) is 5.78 Å². The molecule has 30 heavy (non-hydrogen) atoms. The number of thioether (sulfide) groups is 1. The summed E-state index contributed by atoms with van der Waals surface area (Å²) in [5.41, 5.74) is 3.33. The fraction of sp³-hybridized carbons (Fsp3) is 0.182. The molecular weight excluding hydrogens is 418 g/mol. The van der Waals surface area contributed by atoms with Gasteiger partial charge in [0.2, 0.25) is 5.13 Å². The first-order valence-corrected chi connectivity index (χ1v) is 11.3. The van der Waals surface area contributed by atoms with Gasteiger partial charge in [-0.15, -0.1) is 10.2 Å². The lowest BCUT2D eigenvalue weighted by Crippen LogP contribution is -2.29. The molecular formula is C22H19N3O3S2. The number of amides is 1. The van der Waals surface area contributed by atoms with Crippen molar-refractivity contribution in [3.05, 3.63) is 76.4 Å². The number of benzene rings is 2. The van der Waals surface area contributed by atoms with E-state index in [1.165, 1.54) is 28.0 Å². The Bertz CT molecular complexity index is 1150. The number of hydrogen-bond donors (Lipinski definition) is 1. The van der Waals surface area contributed by atoms with Gasteiger partial charge in [0.15, 0.2) is 4.34 Å². The van der Waals surface area contributed by atoms with E-state index in [1.807, 2.05) is 56.5 Å². The van der Waals surface area contributed by atoms with Crippen LogP contribution in [0.5, 0.6) is 0 Å². The molecule has 1 N–H and O–H groups in total. The van der Waals surface area contributed by atoms with Gasteiger partial charge in [-0.2, -0.15) is 0 Å². The Hall–Kier alpha value is -2.97. The van der Waals surface area contributed by atoms with E-state index >= 15 is 0 Å². The molecule has 4 rings (SSSR count). The molecule has 0 aliphatic carbocycles. The van der Waals surface area contributed by atoms with Crippen LogP contribution in [0.2, 0.25) is 0 Å². The maximum Gasteiger partial charge on any atom is 0.301 e. The summed E-state index contributed by atoms with van der Waals surface area (Å²) in [5, 5.41) is 19.6. The third-order valence-electron chi connectivity index (χ3n) is 4.94. The van der Waals surface area contributed by atoms with Crippen LogP contribution >= 0.6 is 23.1 Å². The number of carbonyl (C=O) groups is 2. The van der Waals surface area contributed by atoms with Crippen LogP contribution in [0, 0.1) is 13.8 Å². The Morgan fingerprint density at radius 3 is 2.17 bits per heavy atom. The molecule has 0 spiro atoms. The van der Waals surface area contributed by atoms with E-state index in [0.717, 1.165) is 16.7 Å². The normalized spacial score (nSPS) is 18.2. The van der Waals surface area contributed by atoms with Crippen molar-refractivity contribution in [2.75, 3.05) is 11.2 Å². The molecule has 8 heteroatoms. The average molecular weight is 438 g/mol. The van der Waals surface area contributed by atoms with Crippen molar-refractivity contribution in [2.24, 2.45) is 0 Å². The topological polar surface area (TPSA) is 83.4 Å². The minimum atomic E-state index is -0.783. The fourth-order valence-corrected chi connectivity index (χ4v) is 4.63. The van der Waals surface area contributed by atoms with Crippen LogP contribution in [0.25, 0.3) is 5.76 Å². The lowest BCUT2D eigenvalue weighted by molar-refractivity contribution is -0.132. The molecule has 0 unspecified atom stereocenters. The number of aliphatic hydroxyl groups excluding tert-OH is 1. The highest BCUT2D eigenvalue weighted by atomic mass is 32.2. The van der Waals surface area contributed by atoms with Crippen LogP contribution in [-0.2, 0) is 9.59 Å². The summed E-state index contributed by atoms with van der Waals surface area (Å²) in [6.45, 7) is 3.90. The van der Waals surface area contributed by atoms with Gasteiger partial charge in [-0.05, 0) is 25.7 Å². The molecule has 1 fully saturated rings. The van der Waals surface area contributed by atoms with Crippen LogP contribution in [0.15, 0.2) is 58.4 Å². The molecule has 0 radical (unpaired) electrons. The number of hydrogen-bond acceptors (Lipinski definition) is 7. The molecule has 1 aromatic heterocycles. The highest BCUT2D eigenvalue weighted by Gasteiger charge is 2.48. The predicted octanol–water partition coefficient (Wildman–Crippen LogP) is 4.50. The first-order valence-electron chi connectivity index (χ1n) is 9.23. The Morgan fingerprint density at radius 2 is 1.60 bits per heavy atom. The smallest absolute Gasteiger partial charge is 0.301 e. The van der Waals surface area contributed by atoms with Gasteiger partial charge in [-0.1, -0.05) is 82.8 Å². The monoisotopic (exact) mass is 437 g/mol. The van der Waals surface area contributed by atoms with Gasteiger partial charge in [0, 0.05) is 5.56 Å². The van der Waals surface area contributed by atoms with Gasteiger partial charge in [-0.25, -0.2) is 0 Å². The second kappa shape index (κ2) is 8.04. The molecule has 152 valence electrons. The molecule has 1 atom stereocenters. The first-order chi connectivity index (χ1) is 14.4. The van der Waals surface area contributed by atoms with E-state index < -0.39 is 17.7 Å². The number of Topliss-reactive ketones (excluding diaryl/α,β-unsaturated/α-hetero) is 1. The number of nitrogens with zero attached hydrogens (tertiary/aromatic N) is 3. The molecule has 1 aliphatic rings. The quantitative estimate of drug-likeness (QED) is 0.213. The van der Waals surface area contributed by atoms with Crippen LogP contribution in [-0.4, -0.2) is 33.3 Å². The van der Waals surface area contributed by atoms with E-state index in [9.17, 15) is 14.7 Å². The van der Waals surface area contributed by atoms with Crippen molar-refractivity contribution in [2.45, 2.75) is 24.2 Å². The molecule has 6 nitrogen and oxygen atoms in total. The Kier molecular flexibility index (Phi) is 5.44. The number of ketones is 1. The summed E-state index contributed by atoms with van der Waals surface area (Å²) in [4.78, 5) is 27.4. The minimum absolute atomic E-state index is 0.0496. The Morgan fingerprint density at radius 1 is 1.00 bits per heavy atom. The summed E-state index contributed by atoms with van der Waals surface area (Å²) in [6.07, 6.45) is 1.87. The molecule has 1 aliphatic heterocycles. The number of rotatable bonds is 4. The number of carbonyl (C=O) groups excluding carboxylic acids is 2. The summed E-state index contributed by atoms with van der Waals surface area (Å²) >= 11 is 2.65. The molecule has 2 heterocycles. The highest BCUT2D eigenvalue weighted by Crippen LogP contribution is 2.43. The van der Waals surface area contributed by atoms with Crippen LogP contribution in [0.4, 0.5) is 5.13 Å². The summed E-state index contributed by atoms with van der Waals surface area (Å²) < 4.78 is 0.688. The second-order valence-corrected chi connectivity index (χ2v) is 9.01. The van der Waals surface area contributed by atoms with Crippen LogP contribution in [0.3, 0.4) is 0 Å². The molecule has 0 bridgehead atoms. The van der Waals surface area contributed by atoms with E-state index in [1.54, 1.807) is 12.1 Å². The lowest BCUT2D eigenvalue weighted by atomic mass is 9.94. The third kappa shape index (κ3) is 3.53. The number of aliphatic hydroxyl groups is 1. The SMILES string of the molecule is CSc1nnc(N2C(=O)C(=O)C(=C(O)c3ccc(C)cc3)[C@H]2c2ccc(C)cc2)s1. The van der Waals surface area contributed by atoms with E-state index in [4.69, 9.17) is 0 Å². The lowest BCUT2D eigenvalue weighted by Gasteiger charge is -2.22. The average Bonchev–Trinajstić information content (AvgIpc) is 3.31. The number of anilines is 1. The molecule has 0 saturated carbocycles. The molecule has 1 amide bonds. The van der Waals surface area contributed by atoms with E-state index in [-0.39, 0.29) is 11.3 Å². The fourth-order valence-electron chi connectivity index (χ4n) is 3.34. The van der Waals surface area contributed by atoms with Crippen LogP contribution < -0.4 is 4.90 Å². The maximum atomic E-state index is 13.0. The number of aromatic nitrogens is 2. The van der Waals surface area contributed by atoms with Gasteiger partial charge in [0.05, 0.1) is 11.6 Å². The Balaban J connectivity index is 1.92. The zero-order valence-electron chi connectivity index (χ0n) is 16.6. The van der Waals surface area contributed by atoms with Crippen molar-refractivity contribution >= 4 is 45.7 Å². The van der Waals surface area contributed by atoms with E-state index in [0.29, 0.717) is 15.0 Å². The van der Waals surface area contributed by atoms with Gasteiger partial charge in [-0.3, -0.25) is 14.5 Å². The highest BCUT2D eigenvalue weighted by molar-refractivity contribution is 8.00. The summed E-state index contributed by atoms with van der Waals surface area (Å²) in [6, 6.07) is 13.9. The van der Waals surface area contributed by atoms with Crippen molar-refractivity contribution in [1.82, 2.24) is 10.2 Å². The molecule has 2 aromatic carbocycles. The van der Waals surface area contributed by atoms with Gasteiger partial charge in [0.1, 0.15) is 5.76 Å². The van der Waals surface area contributed by atoms with Crippen molar-refractivity contribution < 1.29 is 14.7 Å². The minimum Gasteiger partial charge on any atom is -0.507 e. The standard InChI is InChI=1S/C22H19N3O3S2/c1-12-4-8-14(9-5-12)17-16(18(26)15-10-6-13(2)7-11-15)19(27)20(28)25(17)21-23-24-22(29-3)30-21/h4-11,17,26H,1-3H3/t17-/m1/s1.